The number of ether oxygens (including phenoxy) is 1. The maximum atomic E-state index is 14.0. The van der Waals surface area contributed by atoms with E-state index in [0.29, 0.717) is 17.0 Å². The third kappa shape index (κ3) is 3.33. The molecule has 0 aromatic heterocycles. The van der Waals surface area contributed by atoms with E-state index in [0.717, 1.165) is 32.5 Å². The van der Waals surface area contributed by atoms with Crippen molar-refractivity contribution in [3.8, 4) is 0 Å². The van der Waals surface area contributed by atoms with Crippen LogP contribution < -0.4 is 5.32 Å². The zero-order valence-corrected chi connectivity index (χ0v) is 13.0. The van der Waals surface area contributed by atoms with Crippen molar-refractivity contribution >= 4 is 11.6 Å². The van der Waals surface area contributed by atoms with Crippen LogP contribution >= 0.6 is 11.6 Å². The monoisotopic (exact) mass is 299 g/mol. The number of nitrogens with one attached hydrogen (secondary N) is 1. The molecule has 1 aliphatic heterocycles. The zero-order chi connectivity index (χ0) is 14.6. The van der Waals surface area contributed by atoms with Crippen molar-refractivity contribution < 1.29 is 9.13 Å². The second-order valence-corrected chi connectivity index (χ2v) is 6.09. The summed E-state index contributed by atoms with van der Waals surface area (Å²) < 4.78 is 19.8. The van der Waals surface area contributed by atoms with Gasteiger partial charge in [-0.15, -0.1) is 0 Å². The van der Waals surface area contributed by atoms with Gasteiger partial charge in [-0.2, -0.15) is 0 Å². The topological polar surface area (TPSA) is 21.3 Å². The highest BCUT2D eigenvalue weighted by Crippen LogP contribution is 2.39. The molecule has 2 nitrogen and oxygen atoms in total. The average molecular weight is 300 g/mol. The van der Waals surface area contributed by atoms with Crippen molar-refractivity contribution in [3.63, 3.8) is 0 Å². The molecule has 2 unspecified atom stereocenters. The van der Waals surface area contributed by atoms with E-state index in [1.54, 1.807) is 12.1 Å². The van der Waals surface area contributed by atoms with Crippen molar-refractivity contribution in [1.29, 1.82) is 0 Å². The summed E-state index contributed by atoms with van der Waals surface area (Å²) in [4.78, 5) is 0. The summed E-state index contributed by atoms with van der Waals surface area (Å²) in [6, 6.07) is 4.89. The van der Waals surface area contributed by atoms with Crippen LogP contribution in [0.25, 0.3) is 0 Å². The maximum Gasteiger partial charge on any atom is 0.127 e. The second-order valence-electron chi connectivity index (χ2n) is 5.68. The summed E-state index contributed by atoms with van der Waals surface area (Å²) in [6.45, 7) is 6.77. The maximum absolute atomic E-state index is 14.0. The molecule has 1 aromatic rings. The first-order valence-corrected chi connectivity index (χ1v) is 7.72. The van der Waals surface area contributed by atoms with E-state index in [1.807, 2.05) is 0 Å². The van der Waals surface area contributed by atoms with E-state index < -0.39 is 0 Å². The quantitative estimate of drug-likeness (QED) is 0.806. The molecule has 0 spiro atoms. The third-order valence-corrected chi connectivity index (χ3v) is 4.68. The van der Waals surface area contributed by atoms with Gasteiger partial charge >= 0.3 is 0 Å². The molecular weight excluding hydrogens is 277 g/mol. The highest BCUT2D eigenvalue weighted by atomic mass is 35.5. The number of rotatable bonds is 6. The molecular formula is C16H23ClFNO. The van der Waals surface area contributed by atoms with E-state index in [1.165, 1.54) is 6.07 Å². The van der Waals surface area contributed by atoms with E-state index in [4.69, 9.17) is 16.3 Å². The molecule has 0 saturated carbocycles. The molecule has 1 saturated heterocycles. The molecule has 1 N–H and O–H groups in total. The minimum absolute atomic E-state index is 0.0684. The van der Waals surface area contributed by atoms with Crippen LogP contribution in [0.1, 0.15) is 32.3 Å². The second kappa shape index (κ2) is 6.88. The third-order valence-electron chi connectivity index (χ3n) is 4.32. The fraction of sp³-hybridized carbons (Fsp3) is 0.625. The van der Waals surface area contributed by atoms with Crippen LogP contribution in [-0.4, -0.2) is 25.8 Å². The number of hydrogen-bond acceptors (Lipinski definition) is 2. The van der Waals surface area contributed by atoms with Crippen LogP contribution in [0.2, 0.25) is 5.02 Å². The van der Waals surface area contributed by atoms with Crippen molar-refractivity contribution in [2.75, 3.05) is 19.7 Å². The van der Waals surface area contributed by atoms with Gasteiger partial charge in [-0.05, 0) is 44.9 Å². The highest BCUT2D eigenvalue weighted by molar-refractivity contribution is 6.31. The summed E-state index contributed by atoms with van der Waals surface area (Å²) in [6.07, 6.45) is 2.76. The van der Waals surface area contributed by atoms with E-state index in [9.17, 15) is 4.39 Å². The first kappa shape index (κ1) is 15.7. The lowest BCUT2D eigenvalue weighted by Crippen LogP contribution is -2.41. The minimum atomic E-state index is -0.216. The Hall–Kier alpha value is -0.640. The standard InChI is InChI=1S/C16H23ClFNO/c1-3-8-19-11-16(7-9-20-12(16)2)10-13-14(17)5-4-6-15(13)18/h4-6,12,19H,3,7-11H2,1-2H3. The molecule has 20 heavy (non-hydrogen) atoms. The number of halogens is 2. The lowest BCUT2D eigenvalue weighted by atomic mass is 9.76. The molecule has 1 fully saturated rings. The van der Waals surface area contributed by atoms with Crippen LogP contribution in [0.4, 0.5) is 4.39 Å². The van der Waals surface area contributed by atoms with Crippen molar-refractivity contribution in [1.82, 2.24) is 5.32 Å². The molecule has 112 valence electrons. The van der Waals surface area contributed by atoms with Crippen molar-refractivity contribution in [3.05, 3.63) is 34.6 Å². The number of benzene rings is 1. The Labute approximate surface area is 125 Å². The van der Waals surface area contributed by atoms with Gasteiger partial charge in [0.25, 0.3) is 0 Å². The van der Waals surface area contributed by atoms with E-state index in [-0.39, 0.29) is 17.3 Å². The normalized spacial score (nSPS) is 26.1. The smallest absolute Gasteiger partial charge is 0.127 e. The van der Waals surface area contributed by atoms with Crippen LogP contribution in [-0.2, 0) is 11.2 Å². The first-order valence-electron chi connectivity index (χ1n) is 7.34. The van der Waals surface area contributed by atoms with Gasteiger partial charge in [-0.3, -0.25) is 0 Å². The van der Waals surface area contributed by atoms with Crippen LogP contribution in [0.5, 0.6) is 0 Å². The Kier molecular flexibility index (Phi) is 5.42. The molecule has 0 radical (unpaired) electrons. The molecule has 0 amide bonds. The predicted octanol–water partition coefficient (Wildman–Crippen LogP) is 3.82. The number of hydrogen-bond donors (Lipinski definition) is 1. The van der Waals surface area contributed by atoms with Crippen LogP contribution in [0.15, 0.2) is 18.2 Å². The molecule has 0 bridgehead atoms. The van der Waals surface area contributed by atoms with Crippen LogP contribution in [0, 0.1) is 11.2 Å². The summed E-state index contributed by atoms with van der Waals surface area (Å²) in [5, 5.41) is 3.97. The Balaban J connectivity index is 2.20. The van der Waals surface area contributed by atoms with Crippen LogP contribution in [0.3, 0.4) is 0 Å². The lowest BCUT2D eigenvalue weighted by molar-refractivity contribution is 0.0627. The minimum Gasteiger partial charge on any atom is -0.378 e. The summed E-state index contributed by atoms with van der Waals surface area (Å²) >= 11 is 6.18. The van der Waals surface area contributed by atoms with Crippen molar-refractivity contribution in [2.45, 2.75) is 39.2 Å². The van der Waals surface area contributed by atoms with Gasteiger partial charge in [0.1, 0.15) is 5.82 Å². The lowest BCUT2D eigenvalue weighted by Gasteiger charge is -2.33. The molecule has 1 aliphatic rings. The molecule has 0 aliphatic carbocycles. The summed E-state index contributed by atoms with van der Waals surface area (Å²) in [5.41, 5.74) is 0.547. The molecule has 2 atom stereocenters. The van der Waals surface area contributed by atoms with Gasteiger partial charge in [0.05, 0.1) is 6.10 Å². The van der Waals surface area contributed by atoms with Gasteiger partial charge in [0.2, 0.25) is 0 Å². The molecule has 2 rings (SSSR count). The van der Waals surface area contributed by atoms with Gasteiger partial charge in [-0.25, -0.2) is 4.39 Å². The van der Waals surface area contributed by atoms with E-state index >= 15 is 0 Å². The van der Waals surface area contributed by atoms with Gasteiger partial charge < -0.3 is 10.1 Å². The predicted molar refractivity (Wildman–Crippen MR) is 80.7 cm³/mol. The fourth-order valence-corrected chi connectivity index (χ4v) is 3.14. The molecule has 1 aromatic carbocycles. The van der Waals surface area contributed by atoms with Crippen molar-refractivity contribution in [2.24, 2.45) is 5.41 Å². The zero-order valence-electron chi connectivity index (χ0n) is 12.2. The molecule has 4 heteroatoms. The Morgan fingerprint density at radius 3 is 2.90 bits per heavy atom. The Bertz CT molecular complexity index is 434. The van der Waals surface area contributed by atoms with Gasteiger partial charge in [0, 0.05) is 29.2 Å². The highest BCUT2D eigenvalue weighted by Gasteiger charge is 2.42. The fourth-order valence-electron chi connectivity index (χ4n) is 2.91. The summed E-state index contributed by atoms with van der Waals surface area (Å²) in [5.74, 6) is -0.216. The average Bonchev–Trinajstić information content (AvgIpc) is 2.76. The summed E-state index contributed by atoms with van der Waals surface area (Å²) in [7, 11) is 0. The Morgan fingerprint density at radius 2 is 2.30 bits per heavy atom. The molecule has 1 heterocycles. The first-order chi connectivity index (χ1) is 9.59. The largest absolute Gasteiger partial charge is 0.378 e. The van der Waals surface area contributed by atoms with Gasteiger partial charge in [0.15, 0.2) is 0 Å². The van der Waals surface area contributed by atoms with E-state index in [2.05, 4.69) is 19.2 Å². The Morgan fingerprint density at radius 1 is 1.50 bits per heavy atom. The van der Waals surface area contributed by atoms with Gasteiger partial charge in [-0.1, -0.05) is 24.6 Å². The SMILES string of the molecule is CCCNCC1(Cc2c(F)cccc2Cl)CCOC1C.